The van der Waals surface area contributed by atoms with Crippen LogP contribution in [0.1, 0.15) is 11.4 Å². The van der Waals surface area contributed by atoms with Crippen LogP contribution in [0.3, 0.4) is 0 Å². The number of hydrogen-bond donors (Lipinski definition) is 1. The quantitative estimate of drug-likeness (QED) is 0.757. The Morgan fingerprint density at radius 2 is 2.20 bits per heavy atom. The van der Waals surface area contributed by atoms with Crippen molar-refractivity contribution in [1.29, 1.82) is 5.26 Å². The van der Waals surface area contributed by atoms with E-state index in [1.165, 1.54) is 0 Å². The molecule has 2 rings (SSSR count). The van der Waals surface area contributed by atoms with Crippen molar-refractivity contribution in [2.45, 2.75) is 6.92 Å². The van der Waals surface area contributed by atoms with E-state index in [2.05, 4.69) is 11.1 Å². The van der Waals surface area contributed by atoms with Gasteiger partial charge in [0.15, 0.2) is 5.82 Å². The number of nitriles is 1. The van der Waals surface area contributed by atoms with Crippen molar-refractivity contribution >= 4 is 5.69 Å². The first-order chi connectivity index (χ1) is 7.22. The average molecular weight is 198 g/mol. The fourth-order valence-corrected chi connectivity index (χ4v) is 1.40. The summed E-state index contributed by atoms with van der Waals surface area (Å²) in [7, 11) is 0. The van der Waals surface area contributed by atoms with Crippen LogP contribution in [0.2, 0.25) is 0 Å². The van der Waals surface area contributed by atoms with E-state index in [0.717, 1.165) is 5.69 Å². The first-order valence-electron chi connectivity index (χ1n) is 4.53. The molecule has 0 aromatic carbocycles. The van der Waals surface area contributed by atoms with E-state index < -0.39 is 0 Å². The molecule has 2 aromatic rings. The van der Waals surface area contributed by atoms with E-state index in [-0.39, 0.29) is 0 Å². The monoisotopic (exact) mass is 198 g/mol. The molecule has 0 spiro atoms. The summed E-state index contributed by atoms with van der Waals surface area (Å²) >= 11 is 0. The lowest BCUT2D eigenvalue weighted by Gasteiger charge is -2.07. The lowest BCUT2D eigenvalue weighted by molar-refractivity contribution is 0.976. The number of rotatable bonds is 1. The van der Waals surface area contributed by atoms with Crippen molar-refractivity contribution < 1.29 is 0 Å². The smallest absolute Gasteiger partial charge is 0.161 e. The van der Waals surface area contributed by atoms with Gasteiger partial charge in [-0.15, -0.1) is 0 Å². The summed E-state index contributed by atoms with van der Waals surface area (Å²) in [5, 5.41) is 8.89. The second-order valence-electron chi connectivity index (χ2n) is 3.24. The molecule has 0 saturated carbocycles. The summed E-state index contributed by atoms with van der Waals surface area (Å²) in [6.45, 7) is 1.89. The molecule has 0 amide bonds. The number of aromatic nitrogens is 2. The van der Waals surface area contributed by atoms with Crippen molar-refractivity contribution in [3.8, 4) is 11.9 Å². The molecular formula is C11H10N4. The van der Waals surface area contributed by atoms with Crippen molar-refractivity contribution in [3.63, 3.8) is 0 Å². The third-order valence-corrected chi connectivity index (χ3v) is 2.14. The summed E-state index contributed by atoms with van der Waals surface area (Å²) in [5.74, 6) is 0.608. The Kier molecular flexibility index (Phi) is 2.14. The van der Waals surface area contributed by atoms with Crippen molar-refractivity contribution in [3.05, 3.63) is 41.9 Å². The van der Waals surface area contributed by atoms with Crippen LogP contribution in [0.25, 0.3) is 5.82 Å². The lowest BCUT2D eigenvalue weighted by Crippen LogP contribution is -2.04. The zero-order valence-corrected chi connectivity index (χ0v) is 8.31. The van der Waals surface area contributed by atoms with Gasteiger partial charge in [0.2, 0.25) is 0 Å². The summed E-state index contributed by atoms with van der Waals surface area (Å²) in [6.07, 6.45) is 1.77. The van der Waals surface area contributed by atoms with E-state index >= 15 is 0 Å². The number of hydrogen-bond acceptors (Lipinski definition) is 3. The Balaban J connectivity index is 2.64. The van der Waals surface area contributed by atoms with Gasteiger partial charge in [0.25, 0.3) is 0 Å². The number of nitrogen functional groups attached to an aromatic ring is 1. The van der Waals surface area contributed by atoms with Gasteiger partial charge in [0, 0.05) is 11.9 Å². The predicted molar refractivity (Wildman–Crippen MR) is 57.4 cm³/mol. The summed E-state index contributed by atoms with van der Waals surface area (Å²) in [5.41, 5.74) is 7.77. The van der Waals surface area contributed by atoms with Gasteiger partial charge in [-0.2, -0.15) is 5.26 Å². The van der Waals surface area contributed by atoms with Crippen LogP contribution in [0, 0.1) is 18.3 Å². The van der Waals surface area contributed by atoms with E-state index in [0.29, 0.717) is 17.2 Å². The maximum atomic E-state index is 8.89. The molecule has 0 atom stereocenters. The molecule has 0 unspecified atom stereocenters. The minimum atomic E-state index is 0.528. The molecule has 74 valence electrons. The highest BCUT2D eigenvalue weighted by Crippen LogP contribution is 2.17. The molecule has 0 aliphatic rings. The molecule has 4 heteroatoms. The van der Waals surface area contributed by atoms with Crippen LogP contribution >= 0.6 is 0 Å². The van der Waals surface area contributed by atoms with Gasteiger partial charge in [0.1, 0.15) is 11.8 Å². The molecule has 2 aromatic heterocycles. The molecule has 2 heterocycles. The fourth-order valence-electron chi connectivity index (χ4n) is 1.40. The minimum absolute atomic E-state index is 0.528. The Hall–Kier alpha value is -2.28. The van der Waals surface area contributed by atoms with Gasteiger partial charge in [-0.05, 0) is 31.2 Å². The Morgan fingerprint density at radius 1 is 1.40 bits per heavy atom. The SMILES string of the molecule is Cc1ccc(N)c(-n2cccc2C#N)n1. The Morgan fingerprint density at radius 3 is 2.93 bits per heavy atom. The Labute approximate surface area is 87.6 Å². The van der Waals surface area contributed by atoms with E-state index in [1.807, 2.05) is 13.0 Å². The zero-order chi connectivity index (χ0) is 10.8. The molecule has 0 bridgehead atoms. The van der Waals surface area contributed by atoms with E-state index in [4.69, 9.17) is 11.0 Å². The van der Waals surface area contributed by atoms with Crippen molar-refractivity contribution in [2.24, 2.45) is 0 Å². The maximum Gasteiger partial charge on any atom is 0.161 e. The van der Waals surface area contributed by atoms with E-state index in [9.17, 15) is 0 Å². The van der Waals surface area contributed by atoms with Crippen LogP contribution in [0.4, 0.5) is 5.69 Å². The molecule has 2 N–H and O–H groups in total. The van der Waals surface area contributed by atoms with Gasteiger partial charge in [-0.1, -0.05) is 0 Å². The van der Waals surface area contributed by atoms with Gasteiger partial charge >= 0.3 is 0 Å². The third kappa shape index (κ3) is 1.55. The highest BCUT2D eigenvalue weighted by Gasteiger charge is 2.07. The predicted octanol–water partition coefficient (Wildman–Crippen LogP) is 1.63. The first kappa shape index (κ1) is 9.28. The normalized spacial score (nSPS) is 9.87. The maximum absolute atomic E-state index is 8.89. The highest BCUT2D eigenvalue weighted by atomic mass is 15.1. The molecule has 0 fully saturated rings. The summed E-state index contributed by atoms with van der Waals surface area (Å²) in [6, 6.07) is 9.24. The molecule has 4 nitrogen and oxygen atoms in total. The average Bonchev–Trinajstić information content (AvgIpc) is 2.69. The van der Waals surface area contributed by atoms with Crippen LogP contribution in [-0.2, 0) is 0 Å². The largest absolute Gasteiger partial charge is 0.396 e. The molecule has 0 radical (unpaired) electrons. The number of nitrogens with zero attached hydrogens (tertiary/aromatic N) is 3. The third-order valence-electron chi connectivity index (χ3n) is 2.14. The standard InChI is InChI=1S/C11H10N4/c1-8-4-5-10(13)11(14-8)15-6-2-3-9(15)7-12/h2-6H,13H2,1H3. The summed E-state index contributed by atoms with van der Waals surface area (Å²) < 4.78 is 1.68. The molecule has 15 heavy (non-hydrogen) atoms. The highest BCUT2D eigenvalue weighted by molar-refractivity contribution is 5.55. The van der Waals surface area contributed by atoms with Gasteiger partial charge < -0.3 is 5.73 Å². The summed E-state index contributed by atoms with van der Waals surface area (Å²) in [4.78, 5) is 4.31. The number of aryl methyl sites for hydroxylation is 1. The Bertz CT molecular complexity index is 534. The van der Waals surface area contributed by atoms with Gasteiger partial charge in [-0.25, -0.2) is 4.98 Å². The second-order valence-corrected chi connectivity index (χ2v) is 3.24. The van der Waals surface area contributed by atoms with Crippen LogP contribution in [-0.4, -0.2) is 9.55 Å². The number of anilines is 1. The van der Waals surface area contributed by atoms with Crippen molar-refractivity contribution in [2.75, 3.05) is 5.73 Å². The van der Waals surface area contributed by atoms with Gasteiger partial charge in [-0.3, -0.25) is 4.57 Å². The molecule has 0 saturated heterocycles. The molecular weight excluding hydrogens is 188 g/mol. The van der Waals surface area contributed by atoms with Gasteiger partial charge in [0.05, 0.1) is 5.69 Å². The second kappa shape index (κ2) is 3.46. The first-order valence-corrected chi connectivity index (χ1v) is 4.53. The minimum Gasteiger partial charge on any atom is -0.396 e. The molecule has 0 aliphatic heterocycles. The number of pyridine rings is 1. The lowest BCUT2D eigenvalue weighted by atomic mass is 10.3. The van der Waals surface area contributed by atoms with Crippen LogP contribution < -0.4 is 5.73 Å². The topological polar surface area (TPSA) is 67.6 Å². The zero-order valence-electron chi connectivity index (χ0n) is 8.31. The van der Waals surface area contributed by atoms with E-state index in [1.54, 1.807) is 29.0 Å². The van der Waals surface area contributed by atoms with Crippen molar-refractivity contribution in [1.82, 2.24) is 9.55 Å². The fraction of sp³-hybridized carbons (Fsp3) is 0.0909. The number of nitrogens with two attached hydrogens (primary N) is 1. The van der Waals surface area contributed by atoms with Crippen LogP contribution in [0.15, 0.2) is 30.5 Å². The van der Waals surface area contributed by atoms with Crippen LogP contribution in [0.5, 0.6) is 0 Å². The molecule has 0 aliphatic carbocycles.